The first kappa shape index (κ1) is 26.7. The van der Waals surface area contributed by atoms with Crippen LogP contribution in [-0.2, 0) is 31.0 Å². The first-order valence-electron chi connectivity index (χ1n) is 14.5. The zero-order valence-corrected chi connectivity index (χ0v) is 23.4. The van der Waals surface area contributed by atoms with Crippen molar-refractivity contribution in [1.82, 2.24) is 9.47 Å². The van der Waals surface area contributed by atoms with Gasteiger partial charge < -0.3 is 18.9 Å². The second-order valence-corrected chi connectivity index (χ2v) is 10.8. The average Bonchev–Trinajstić information content (AvgIpc) is 3.36. The van der Waals surface area contributed by atoms with Crippen molar-refractivity contribution < 1.29 is 14.3 Å². The second-order valence-electron chi connectivity index (χ2n) is 10.8. The fraction of sp³-hybridized carbons (Fsp3) is 0.250. The lowest BCUT2D eigenvalue weighted by Crippen LogP contribution is -2.36. The number of fused-ring (bicyclic) bond motifs is 1. The number of likely N-dealkylation sites (tertiary alicyclic amines) is 1. The monoisotopic (exact) mass is 544 g/mol. The number of carbonyl (C=O) groups is 1. The van der Waals surface area contributed by atoms with Gasteiger partial charge in [0.1, 0.15) is 24.7 Å². The van der Waals surface area contributed by atoms with Crippen LogP contribution in [0.4, 0.5) is 0 Å². The molecule has 208 valence electrons. The van der Waals surface area contributed by atoms with Gasteiger partial charge in [-0.3, -0.25) is 4.79 Å². The third-order valence-electron chi connectivity index (χ3n) is 7.73. The zero-order chi connectivity index (χ0) is 27.9. The molecule has 0 saturated carbocycles. The number of piperidine rings is 1. The zero-order valence-electron chi connectivity index (χ0n) is 23.4. The molecule has 0 atom stereocenters. The molecule has 0 radical (unpaired) electrons. The molecule has 6 rings (SSSR count). The Kier molecular flexibility index (Phi) is 8.32. The van der Waals surface area contributed by atoms with E-state index in [4.69, 9.17) is 9.47 Å². The van der Waals surface area contributed by atoms with Crippen LogP contribution >= 0.6 is 0 Å². The topological polar surface area (TPSA) is 43.7 Å². The Bertz CT molecular complexity index is 1590. The van der Waals surface area contributed by atoms with E-state index >= 15 is 0 Å². The fourth-order valence-electron chi connectivity index (χ4n) is 5.54. The van der Waals surface area contributed by atoms with Crippen molar-refractivity contribution in [2.75, 3.05) is 13.1 Å². The highest BCUT2D eigenvalue weighted by atomic mass is 16.5. The van der Waals surface area contributed by atoms with Crippen molar-refractivity contribution in [3.8, 4) is 11.5 Å². The Labute approximate surface area is 241 Å². The van der Waals surface area contributed by atoms with Crippen molar-refractivity contribution in [1.29, 1.82) is 0 Å². The lowest BCUT2D eigenvalue weighted by molar-refractivity contribution is -0.131. The standard InChI is InChI=1S/C36H36N2O3/c39-36(37-19-8-3-9-20-37)22-31-25-38(24-30-15-10-16-32(21-30)40-26-28-11-4-1-5-12-28)35-18-17-33(23-34(31)35)41-27-29-13-6-2-7-14-29/h1-2,4-7,10-18,21,23,25H,3,8-9,19-20,22,24,26-27H2. The van der Waals surface area contributed by atoms with Crippen LogP contribution in [-0.4, -0.2) is 28.5 Å². The minimum atomic E-state index is 0.204. The molecule has 0 spiro atoms. The van der Waals surface area contributed by atoms with Crippen molar-refractivity contribution in [2.45, 2.75) is 45.4 Å². The predicted octanol–water partition coefficient (Wildman–Crippen LogP) is 7.40. The molecule has 1 aliphatic heterocycles. The van der Waals surface area contributed by atoms with E-state index in [2.05, 4.69) is 59.3 Å². The van der Waals surface area contributed by atoms with Gasteiger partial charge in [0.25, 0.3) is 0 Å². The molecule has 5 heteroatoms. The molecular weight excluding hydrogens is 508 g/mol. The van der Waals surface area contributed by atoms with E-state index in [-0.39, 0.29) is 5.91 Å². The van der Waals surface area contributed by atoms with Crippen LogP contribution in [0.3, 0.4) is 0 Å². The van der Waals surface area contributed by atoms with Gasteiger partial charge in [0.15, 0.2) is 0 Å². The largest absolute Gasteiger partial charge is 0.489 e. The van der Waals surface area contributed by atoms with E-state index < -0.39 is 0 Å². The molecule has 2 heterocycles. The SMILES string of the molecule is O=C(Cc1cn(Cc2cccc(OCc3ccccc3)c2)c2ccc(OCc3ccccc3)cc12)N1CCCCC1. The van der Waals surface area contributed by atoms with Crippen LogP contribution in [0.1, 0.15) is 41.5 Å². The molecule has 5 nitrogen and oxygen atoms in total. The van der Waals surface area contributed by atoms with Gasteiger partial charge in [-0.25, -0.2) is 0 Å². The summed E-state index contributed by atoms with van der Waals surface area (Å²) in [6, 6.07) is 34.9. The first-order chi connectivity index (χ1) is 20.2. The summed E-state index contributed by atoms with van der Waals surface area (Å²) in [7, 11) is 0. The smallest absolute Gasteiger partial charge is 0.227 e. The Morgan fingerprint density at radius 3 is 1.98 bits per heavy atom. The minimum Gasteiger partial charge on any atom is -0.489 e. The van der Waals surface area contributed by atoms with Crippen LogP contribution in [0, 0.1) is 0 Å². The molecular formula is C36H36N2O3. The fourth-order valence-corrected chi connectivity index (χ4v) is 5.54. The summed E-state index contributed by atoms with van der Waals surface area (Å²) in [6.07, 6.45) is 5.93. The molecule has 1 amide bonds. The Morgan fingerprint density at radius 1 is 0.659 bits per heavy atom. The molecule has 1 aromatic heterocycles. The maximum atomic E-state index is 13.3. The van der Waals surface area contributed by atoms with Crippen LogP contribution in [0.15, 0.2) is 109 Å². The number of nitrogens with zero attached hydrogens (tertiary/aromatic N) is 2. The van der Waals surface area contributed by atoms with Crippen molar-refractivity contribution >= 4 is 16.8 Å². The summed E-state index contributed by atoms with van der Waals surface area (Å²) in [6.45, 7) is 3.44. The number of hydrogen-bond acceptors (Lipinski definition) is 3. The first-order valence-corrected chi connectivity index (χ1v) is 14.5. The molecule has 0 bridgehead atoms. The quantitative estimate of drug-likeness (QED) is 0.184. The molecule has 0 unspecified atom stereocenters. The Hall–Kier alpha value is -4.51. The van der Waals surface area contributed by atoms with Crippen LogP contribution in [0.25, 0.3) is 10.9 Å². The van der Waals surface area contributed by atoms with Crippen LogP contribution in [0.2, 0.25) is 0 Å². The highest BCUT2D eigenvalue weighted by molar-refractivity contribution is 5.90. The molecule has 1 fully saturated rings. The summed E-state index contributed by atoms with van der Waals surface area (Å²) in [5, 5.41) is 1.07. The summed E-state index contributed by atoms with van der Waals surface area (Å²) < 4.78 is 14.5. The summed E-state index contributed by atoms with van der Waals surface area (Å²) in [5.41, 5.74) is 5.54. The minimum absolute atomic E-state index is 0.204. The van der Waals surface area contributed by atoms with E-state index in [0.717, 1.165) is 70.6 Å². The lowest BCUT2D eigenvalue weighted by Gasteiger charge is -2.26. The number of rotatable bonds is 10. The molecule has 4 aromatic carbocycles. The molecule has 1 saturated heterocycles. The highest BCUT2D eigenvalue weighted by Gasteiger charge is 2.20. The van der Waals surface area contributed by atoms with Gasteiger partial charge in [0.05, 0.1) is 6.42 Å². The maximum Gasteiger partial charge on any atom is 0.227 e. The molecule has 41 heavy (non-hydrogen) atoms. The number of benzene rings is 4. The van der Waals surface area contributed by atoms with E-state index in [1.807, 2.05) is 59.5 Å². The number of hydrogen-bond donors (Lipinski definition) is 0. The Morgan fingerprint density at radius 2 is 1.29 bits per heavy atom. The third-order valence-corrected chi connectivity index (χ3v) is 7.73. The van der Waals surface area contributed by atoms with Crippen LogP contribution in [0.5, 0.6) is 11.5 Å². The van der Waals surface area contributed by atoms with E-state index in [1.54, 1.807) is 0 Å². The van der Waals surface area contributed by atoms with Gasteiger partial charge in [-0.2, -0.15) is 0 Å². The second kappa shape index (κ2) is 12.8. The van der Waals surface area contributed by atoms with Gasteiger partial charge in [0, 0.05) is 36.7 Å². The average molecular weight is 545 g/mol. The summed E-state index contributed by atoms with van der Waals surface area (Å²) in [5.74, 6) is 1.86. The van der Waals surface area contributed by atoms with Gasteiger partial charge in [-0.15, -0.1) is 0 Å². The number of aromatic nitrogens is 1. The number of carbonyl (C=O) groups excluding carboxylic acids is 1. The van der Waals surface area contributed by atoms with Gasteiger partial charge in [-0.05, 0) is 71.8 Å². The molecule has 5 aromatic rings. The van der Waals surface area contributed by atoms with Crippen molar-refractivity contribution in [3.63, 3.8) is 0 Å². The highest BCUT2D eigenvalue weighted by Crippen LogP contribution is 2.29. The normalized spacial score (nSPS) is 13.3. The van der Waals surface area contributed by atoms with Gasteiger partial charge in [0.2, 0.25) is 5.91 Å². The van der Waals surface area contributed by atoms with Gasteiger partial charge in [-0.1, -0.05) is 72.8 Å². The van der Waals surface area contributed by atoms with Crippen molar-refractivity contribution in [3.05, 3.63) is 132 Å². The maximum absolute atomic E-state index is 13.3. The van der Waals surface area contributed by atoms with Crippen molar-refractivity contribution in [2.24, 2.45) is 0 Å². The van der Waals surface area contributed by atoms with E-state index in [0.29, 0.717) is 26.2 Å². The molecule has 0 N–H and O–H groups in total. The Balaban J connectivity index is 1.24. The molecule has 0 aliphatic carbocycles. The number of ether oxygens (including phenoxy) is 2. The van der Waals surface area contributed by atoms with E-state index in [9.17, 15) is 4.79 Å². The summed E-state index contributed by atoms with van der Waals surface area (Å²) >= 11 is 0. The predicted molar refractivity (Wildman–Crippen MR) is 163 cm³/mol. The summed E-state index contributed by atoms with van der Waals surface area (Å²) in [4.78, 5) is 15.3. The van der Waals surface area contributed by atoms with E-state index in [1.165, 1.54) is 6.42 Å². The number of amides is 1. The molecule has 1 aliphatic rings. The van der Waals surface area contributed by atoms with Crippen LogP contribution < -0.4 is 9.47 Å². The third kappa shape index (κ3) is 6.80. The van der Waals surface area contributed by atoms with Gasteiger partial charge >= 0.3 is 0 Å². The lowest BCUT2D eigenvalue weighted by atomic mass is 10.1.